The van der Waals surface area contributed by atoms with Crippen LogP contribution < -0.4 is 10.1 Å². The van der Waals surface area contributed by atoms with Gasteiger partial charge in [-0.25, -0.2) is 12.7 Å². The molecule has 1 aliphatic rings. The predicted molar refractivity (Wildman–Crippen MR) is 88.9 cm³/mol. The molecule has 6 nitrogen and oxygen atoms in total. The van der Waals surface area contributed by atoms with E-state index in [1.54, 1.807) is 7.11 Å². The number of rotatable bonds is 7. The van der Waals surface area contributed by atoms with Gasteiger partial charge in [-0.3, -0.25) is 4.79 Å². The second-order valence-corrected chi connectivity index (χ2v) is 7.67. The van der Waals surface area contributed by atoms with E-state index in [9.17, 15) is 13.2 Å². The minimum absolute atomic E-state index is 0.0784. The third-order valence-corrected chi connectivity index (χ3v) is 5.91. The van der Waals surface area contributed by atoms with Crippen LogP contribution in [0.3, 0.4) is 0 Å². The zero-order valence-electron chi connectivity index (χ0n) is 13.5. The minimum Gasteiger partial charge on any atom is -0.496 e. The van der Waals surface area contributed by atoms with Crippen molar-refractivity contribution in [3.63, 3.8) is 0 Å². The van der Waals surface area contributed by atoms with Crippen LogP contribution in [0.25, 0.3) is 0 Å². The summed E-state index contributed by atoms with van der Waals surface area (Å²) in [6.07, 6.45) is 2.57. The molecule has 1 aromatic carbocycles. The molecular weight excluding hydrogens is 316 g/mol. The van der Waals surface area contributed by atoms with Crippen LogP contribution in [0.4, 0.5) is 0 Å². The molecule has 0 unspecified atom stereocenters. The van der Waals surface area contributed by atoms with Gasteiger partial charge in [-0.15, -0.1) is 0 Å². The first-order valence-electron chi connectivity index (χ1n) is 7.89. The first-order chi connectivity index (χ1) is 11.0. The average molecular weight is 340 g/mol. The highest BCUT2D eigenvalue weighted by molar-refractivity contribution is 7.89. The Morgan fingerprint density at radius 3 is 2.83 bits per heavy atom. The molecule has 0 atom stereocenters. The van der Waals surface area contributed by atoms with Crippen molar-refractivity contribution in [3.8, 4) is 5.75 Å². The highest BCUT2D eigenvalue weighted by Gasteiger charge is 2.25. The number of nitrogens with zero attached hydrogens (tertiary/aromatic N) is 1. The van der Waals surface area contributed by atoms with E-state index in [0.29, 0.717) is 32.5 Å². The second-order valence-electron chi connectivity index (χ2n) is 5.58. The maximum Gasteiger partial charge on any atom is 0.220 e. The first-order valence-corrected chi connectivity index (χ1v) is 9.50. The lowest BCUT2D eigenvalue weighted by molar-refractivity contribution is -0.121. The monoisotopic (exact) mass is 340 g/mol. The van der Waals surface area contributed by atoms with Gasteiger partial charge in [0.1, 0.15) is 5.75 Å². The van der Waals surface area contributed by atoms with Gasteiger partial charge < -0.3 is 10.1 Å². The Morgan fingerprint density at radius 2 is 2.09 bits per heavy atom. The summed E-state index contributed by atoms with van der Waals surface area (Å²) in [7, 11) is -1.51. The normalized spacial score (nSPS) is 17.6. The van der Waals surface area contributed by atoms with Crippen molar-refractivity contribution in [1.82, 2.24) is 9.62 Å². The van der Waals surface area contributed by atoms with E-state index in [1.807, 2.05) is 24.3 Å². The summed E-state index contributed by atoms with van der Waals surface area (Å²) in [5, 5.41) is 2.79. The van der Waals surface area contributed by atoms with Crippen molar-refractivity contribution >= 4 is 15.9 Å². The Kier molecular flexibility index (Phi) is 6.41. The summed E-state index contributed by atoms with van der Waals surface area (Å²) in [4.78, 5) is 11.9. The van der Waals surface area contributed by atoms with Crippen molar-refractivity contribution in [2.45, 2.75) is 25.7 Å². The molecule has 0 aromatic heterocycles. The van der Waals surface area contributed by atoms with Gasteiger partial charge in [-0.05, 0) is 30.9 Å². The summed E-state index contributed by atoms with van der Waals surface area (Å²) in [5.74, 6) is 0.916. The molecule has 128 valence electrons. The number of benzene rings is 1. The Bertz CT molecular complexity index is 631. The molecule has 0 spiro atoms. The molecule has 1 heterocycles. The average Bonchev–Trinajstić information content (AvgIpc) is 2.54. The molecule has 1 aliphatic heterocycles. The molecule has 23 heavy (non-hydrogen) atoms. The number of carbonyl (C=O) groups is 1. The van der Waals surface area contributed by atoms with Crippen LogP contribution in [-0.2, 0) is 21.2 Å². The molecule has 1 saturated heterocycles. The lowest BCUT2D eigenvalue weighted by Crippen LogP contribution is -2.42. The van der Waals surface area contributed by atoms with E-state index in [0.717, 1.165) is 24.2 Å². The minimum atomic E-state index is -3.12. The van der Waals surface area contributed by atoms with E-state index >= 15 is 0 Å². The maximum atomic E-state index is 11.9. The van der Waals surface area contributed by atoms with Gasteiger partial charge in [0.25, 0.3) is 0 Å². The van der Waals surface area contributed by atoms with Crippen molar-refractivity contribution in [2.24, 2.45) is 0 Å². The van der Waals surface area contributed by atoms with Gasteiger partial charge in [-0.1, -0.05) is 18.2 Å². The Labute approximate surface area is 137 Å². The largest absolute Gasteiger partial charge is 0.496 e. The fraction of sp³-hybridized carbons (Fsp3) is 0.562. The van der Waals surface area contributed by atoms with E-state index in [4.69, 9.17) is 4.74 Å². The smallest absolute Gasteiger partial charge is 0.220 e. The van der Waals surface area contributed by atoms with Crippen LogP contribution >= 0.6 is 0 Å². The highest BCUT2D eigenvalue weighted by Crippen LogP contribution is 2.18. The van der Waals surface area contributed by atoms with E-state index in [1.165, 1.54) is 4.31 Å². The molecule has 0 saturated carbocycles. The number of methoxy groups -OCH3 is 1. The van der Waals surface area contributed by atoms with Crippen LogP contribution in [-0.4, -0.2) is 51.1 Å². The third kappa shape index (κ3) is 5.21. The number of aryl methyl sites for hydroxylation is 1. The molecule has 7 heteroatoms. The van der Waals surface area contributed by atoms with Gasteiger partial charge in [0.05, 0.1) is 12.9 Å². The zero-order valence-corrected chi connectivity index (χ0v) is 14.3. The maximum absolute atomic E-state index is 11.9. The third-order valence-electron chi connectivity index (χ3n) is 3.95. The number of hydrogen-bond donors (Lipinski definition) is 1. The lowest BCUT2D eigenvalue weighted by Gasteiger charge is -2.26. The van der Waals surface area contributed by atoms with Gasteiger partial charge in [0.2, 0.25) is 15.9 Å². The summed E-state index contributed by atoms with van der Waals surface area (Å²) in [5.41, 5.74) is 0.990. The highest BCUT2D eigenvalue weighted by atomic mass is 32.2. The second kappa shape index (κ2) is 8.31. The zero-order chi connectivity index (χ0) is 16.7. The van der Waals surface area contributed by atoms with Gasteiger partial charge in [0, 0.05) is 26.1 Å². The van der Waals surface area contributed by atoms with Crippen LogP contribution in [0.15, 0.2) is 24.3 Å². The van der Waals surface area contributed by atoms with Crippen molar-refractivity contribution in [3.05, 3.63) is 29.8 Å². The van der Waals surface area contributed by atoms with Crippen molar-refractivity contribution in [1.29, 1.82) is 0 Å². The number of amides is 1. The quantitative estimate of drug-likeness (QED) is 0.808. The summed E-state index contributed by atoms with van der Waals surface area (Å²) >= 11 is 0. The number of hydrogen-bond acceptors (Lipinski definition) is 4. The number of nitrogens with one attached hydrogen (secondary N) is 1. The summed E-state index contributed by atoms with van der Waals surface area (Å²) < 4.78 is 30.4. The Hall–Kier alpha value is -1.60. The summed E-state index contributed by atoms with van der Waals surface area (Å²) in [6, 6.07) is 7.61. The molecule has 1 aromatic rings. The van der Waals surface area contributed by atoms with Gasteiger partial charge in [-0.2, -0.15) is 0 Å². The molecule has 0 aliphatic carbocycles. The van der Waals surface area contributed by atoms with E-state index in [2.05, 4.69) is 5.32 Å². The number of carbonyl (C=O) groups excluding carboxylic acids is 1. The van der Waals surface area contributed by atoms with Crippen LogP contribution in [0.1, 0.15) is 24.8 Å². The Balaban J connectivity index is 1.73. The number of para-hydroxylation sites is 1. The molecule has 1 fully saturated rings. The Morgan fingerprint density at radius 1 is 1.30 bits per heavy atom. The molecular formula is C16H24N2O4S. The molecule has 1 amide bonds. The lowest BCUT2D eigenvalue weighted by atomic mass is 10.1. The van der Waals surface area contributed by atoms with Crippen LogP contribution in [0.5, 0.6) is 5.75 Å². The molecule has 2 rings (SSSR count). The number of ether oxygens (including phenoxy) is 1. The molecule has 0 bridgehead atoms. The van der Waals surface area contributed by atoms with E-state index < -0.39 is 10.0 Å². The summed E-state index contributed by atoms with van der Waals surface area (Å²) in [6.45, 7) is 1.26. The van der Waals surface area contributed by atoms with Gasteiger partial charge >= 0.3 is 0 Å². The predicted octanol–water partition coefficient (Wildman–Crippen LogP) is 1.17. The van der Waals surface area contributed by atoms with Crippen molar-refractivity contribution < 1.29 is 17.9 Å². The molecule has 0 radical (unpaired) electrons. The SMILES string of the molecule is COc1ccccc1CCC(=O)NCCN1CCCCS1(=O)=O. The standard InChI is InChI=1S/C16H24N2O4S/c1-22-15-7-3-2-6-14(15)8-9-16(19)17-10-12-18-11-4-5-13-23(18,20)21/h2-3,6-7H,4-5,8-13H2,1H3,(H,17,19). The topological polar surface area (TPSA) is 75.7 Å². The van der Waals surface area contributed by atoms with Crippen LogP contribution in [0, 0.1) is 0 Å². The van der Waals surface area contributed by atoms with Crippen LogP contribution in [0.2, 0.25) is 0 Å². The fourth-order valence-electron chi connectivity index (χ4n) is 2.66. The van der Waals surface area contributed by atoms with Crippen molar-refractivity contribution in [2.75, 3.05) is 32.5 Å². The molecule has 1 N–H and O–H groups in total. The van der Waals surface area contributed by atoms with E-state index in [-0.39, 0.29) is 11.7 Å². The fourth-order valence-corrected chi connectivity index (χ4v) is 4.26. The number of sulfonamides is 1. The first kappa shape index (κ1) is 17.7. The van der Waals surface area contributed by atoms with Gasteiger partial charge in [0.15, 0.2) is 0 Å².